The Morgan fingerprint density at radius 2 is 1.77 bits per heavy atom. The molecule has 1 aliphatic heterocycles. The number of carbonyl (C=O) groups is 2. The quantitative estimate of drug-likeness (QED) is 0.265. The molecule has 0 unspecified atom stereocenters. The largest absolute Gasteiger partial charge is 0.444 e. The van der Waals surface area contributed by atoms with Gasteiger partial charge in [-0.1, -0.05) is 5.16 Å². The fourth-order valence-electron chi connectivity index (χ4n) is 4.69. The van der Waals surface area contributed by atoms with E-state index < -0.39 is 29.4 Å². The van der Waals surface area contributed by atoms with Crippen LogP contribution >= 0.6 is 0 Å². The summed E-state index contributed by atoms with van der Waals surface area (Å²) in [4.78, 5) is 32.5. The molecule has 0 aliphatic carbocycles. The molecule has 2 atom stereocenters. The maximum Gasteiger partial charge on any atom is 0.413 e. The molecule has 2 amide bonds. The van der Waals surface area contributed by atoms with Crippen LogP contribution in [0.25, 0.3) is 16.8 Å². The van der Waals surface area contributed by atoms with Crippen molar-refractivity contribution >= 4 is 29.4 Å². The number of nitrogens with one attached hydrogen (secondary N) is 1. The highest BCUT2D eigenvalue weighted by Crippen LogP contribution is 2.34. The standard InChI is InChI=1S/C27H38N8O5/c1-16(32-38)21-10-9-17(15-34(21)25(37)40-27(5,6)7)20-11-22(31-24(36)39-26(2,3)4)35-23(30-20)19(13-29-35)18-12-28-33(8)14-18/h11-14,17,21,38H,9-10,15H2,1-8H3,(H,31,36)/b32-16+/t17-,21-/m0/s1. The summed E-state index contributed by atoms with van der Waals surface area (Å²) in [6, 6.07) is 1.34. The molecule has 1 fully saturated rings. The molecular formula is C27H38N8O5. The molecule has 40 heavy (non-hydrogen) atoms. The number of amides is 2. The topological polar surface area (TPSA) is 148 Å². The van der Waals surface area contributed by atoms with Gasteiger partial charge in [-0.15, -0.1) is 0 Å². The van der Waals surface area contributed by atoms with Gasteiger partial charge in [0, 0.05) is 42.9 Å². The Morgan fingerprint density at radius 3 is 2.38 bits per heavy atom. The maximum atomic E-state index is 13.2. The molecule has 13 heteroatoms. The summed E-state index contributed by atoms with van der Waals surface area (Å²) < 4.78 is 14.4. The Balaban J connectivity index is 1.76. The number of oxime groups is 1. The van der Waals surface area contributed by atoms with Crippen molar-refractivity contribution in [1.29, 1.82) is 0 Å². The number of carbonyl (C=O) groups excluding carboxylic acids is 2. The van der Waals surface area contributed by atoms with Gasteiger partial charge >= 0.3 is 12.2 Å². The van der Waals surface area contributed by atoms with Gasteiger partial charge in [0.05, 0.1) is 29.8 Å². The normalized spacial score (nSPS) is 18.6. The van der Waals surface area contributed by atoms with E-state index in [1.54, 1.807) is 81.0 Å². The first-order valence-corrected chi connectivity index (χ1v) is 13.2. The van der Waals surface area contributed by atoms with Gasteiger partial charge in [0.15, 0.2) is 5.65 Å². The highest BCUT2D eigenvalue weighted by atomic mass is 16.6. The Labute approximate surface area is 233 Å². The summed E-state index contributed by atoms with van der Waals surface area (Å²) in [6.07, 6.45) is 5.32. The number of fused-ring (bicyclic) bond motifs is 1. The van der Waals surface area contributed by atoms with Crippen molar-refractivity contribution in [1.82, 2.24) is 29.3 Å². The lowest BCUT2D eigenvalue weighted by Crippen LogP contribution is -2.51. The van der Waals surface area contributed by atoms with E-state index in [2.05, 4.69) is 20.7 Å². The number of hydrogen-bond acceptors (Lipinski definition) is 9. The molecule has 3 aromatic rings. The average molecular weight is 555 g/mol. The van der Waals surface area contributed by atoms with E-state index >= 15 is 0 Å². The third kappa shape index (κ3) is 6.52. The van der Waals surface area contributed by atoms with E-state index in [9.17, 15) is 14.8 Å². The lowest BCUT2D eigenvalue weighted by molar-refractivity contribution is 0.0142. The van der Waals surface area contributed by atoms with Crippen molar-refractivity contribution in [3.05, 3.63) is 30.4 Å². The molecule has 13 nitrogen and oxygen atoms in total. The molecule has 2 N–H and O–H groups in total. The molecule has 216 valence electrons. The monoisotopic (exact) mass is 554 g/mol. The van der Waals surface area contributed by atoms with E-state index in [0.29, 0.717) is 35.7 Å². The Hall–Kier alpha value is -4.16. The molecule has 1 saturated heterocycles. The Morgan fingerprint density at radius 1 is 1.07 bits per heavy atom. The molecule has 0 spiro atoms. The van der Waals surface area contributed by atoms with Gasteiger partial charge in [0.1, 0.15) is 17.0 Å². The number of ether oxygens (including phenoxy) is 2. The van der Waals surface area contributed by atoms with E-state index in [0.717, 1.165) is 11.1 Å². The van der Waals surface area contributed by atoms with Crippen LogP contribution in [0.3, 0.4) is 0 Å². The van der Waals surface area contributed by atoms with Gasteiger partial charge in [-0.25, -0.2) is 14.6 Å². The number of hydrogen-bond donors (Lipinski definition) is 2. The van der Waals surface area contributed by atoms with E-state index in [1.807, 2.05) is 13.2 Å². The molecule has 0 aromatic carbocycles. The van der Waals surface area contributed by atoms with Gasteiger partial charge in [0.25, 0.3) is 0 Å². The smallest absolute Gasteiger partial charge is 0.413 e. The van der Waals surface area contributed by atoms with Crippen molar-refractivity contribution in [2.45, 2.75) is 84.5 Å². The first-order chi connectivity index (χ1) is 18.6. The SMILES string of the molecule is C/C(=N\O)[C@@H]1CC[C@H](c2cc(NC(=O)OC(C)(C)C)n3ncc(-c4cnn(C)c4)c3n2)CN1C(=O)OC(C)(C)C. The zero-order chi connectivity index (χ0) is 29.4. The summed E-state index contributed by atoms with van der Waals surface area (Å²) in [5.74, 6) is 0.180. The molecule has 4 heterocycles. The molecule has 4 rings (SSSR count). The van der Waals surface area contributed by atoms with Gasteiger partial charge in [0.2, 0.25) is 0 Å². The second-order valence-corrected chi connectivity index (χ2v) is 12.1. The third-order valence-corrected chi connectivity index (χ3v) is 6.40. The van der Waals surface area contributed by atoms with Crippen LogP contribution in [0.15, 0.2) is 29.8 Å². The molecule has 0 bridgehead atoms. The minimum Gasteiger partial charge on any atom is -0.444 e. The number of nitrogens with zero attached hydrogens (tertiary/aromatic N) is 7. The van der Waals surface area contributed by atoms with Crippen LogP contribution in [0.4, 0.5) is 15.4 Å². The summed E-state index contributed by atoms with van der Waals surface area (Å²) in [5, 5.41) is 24.4. The number of rotatable bonds is 4. The van der Waals surface area contributed by atoms with Crippen LogP contribution in [0.2, 0.25) is 0 Å². The second kappa shape index (κ2) is 10.8. The van der Waals surface area contributed by atoms with E-state index in [-0.39, 0.29) is 12.5 Å². The van der Waals surface area contributed by atoms with Gasteiger partial charge in [-0.05, 0) is 61.3 Å². The number of aryl methyl sites for hydroxylation is 1. The lowest BCUT2D eigenvalue weighted by atomic mass is 9.88. The fraction of sp³-hybridized carbons (Fsp3) is 0.556. The average Bonchev–Trinajstić information content (AvgIpc) is 3.47. The molecule has 0 saturated carbocycles. The zero-order valence-electron chi connectivity index (χ0n) is 24.3. The zero-order valence-corrected chi connectivity index (χ0v) is 24.3. The minimum absolute atomic E-state index is 0.198. The van der Waals surface area contributed by atoms with Crippen molar-refractivity contribution < 1.29 is 24.3 Å². The van der Waals surface area contributed by atoms with Crippen LogP contribution in [-0.4, -0.2) is 76.2 Å². The summed E-state index contributed by atoms with van der Waals surface area (Å²) in [7, 11) is 1.82. The van der Waals surface area contributed by atoms with Crippen molar-refractivity contribution in [2.24, 2.45) is 12.2 Å². The predicted molar refractivity (Wildman–Crippen MR) is 149 cm³/mol. The Kier molecular flexibility index (Phi) is 7.77. The van der Waals surface area contributed by atoms with Crippen LogP contribution in [0, 0.1) is 0 Å². The third-order valence-electron chi connectivity index (χ3n) is 6.40. The predicted octanol–water partition coefficient (Wildman–Crippen LogP) is 4.81. The van der Waals surface area contributed by atoms with E-state index in [1.165, 1.54) is 0 Å². The number of piperidine rings is 1. The van der Waals surface area contributed by atoms with Gasteiger partial charge in [-0.2, -0.15) is 14.7 Å². The van der Waals surface area contributed by atoms with Crippen LogP contribution in [-0.2, 0) is 16.5 Å². The highest BCUT2D eigenvalue weighted by molar-refractivity contribution is 5.90. The van der Waals surface area contributed by atoms with Gasteiger partial charge in [-0.3, -0.25) is 14.9 Å². The minimum atomic E-state index is -0.698. The van der Waals surface area contributed by atoms with Crippen molar-refractivity contribution in [3.8, 4) is 11.1 Å². The molecular weight excluding hydrogens is 516 g/mol. The fourth-order valence-corrected chi connectivity index (χ4v) is 4.69. The molecule has 0 radical (unpaired) electrons. The van der Waals surface area contributed by atoms with E-state index in [4.69, 9.17) is 14.5 Å². The number of anilines is 1. The summed E-state index contributed by atoms with van der Waals surface area (Å²) >= 11 is 0. The van der Waals surface area contributed by atoms with Crippen molar-refractivity contribution in [3.63, 3.8) is 0 Å². The second-order valence-electron chi connectivity index (χ2n) is 12.1. The number of likely N-dealkylation sites (tertiary alicyclic amines) is 1. The summed E-state index contributed by atoms with van der Waals surface area (Å²) in [5.41, 5.74) is 1.78. The van der Waals surface area contributed by atoms with Crippen molar-refractivity contribution in [2.75, 3.05) is 11.9 Å². The van der Waals surface area contributed by atoms with Crippen LogP contribution < -0.4 is 5.32 Å². The lowest BCUT2D eigenvalue weighted by Gasteiger charge is -2.39. The first-order valence-electron chi connectivity index (χ1n) is 13.2. The van der Waals surface area contributed by atoms with Crippen LogP contribution in [0.1, 0.15) is 72.9 Å². The number of aromatic nitrogens is 5. The first kappa shape index (κ1) is 28.8. The Bertz CT molecular complexity index is 1430. The maximum absolute atomic E-state index is 13.2. The highest BCUT2D eigenvalue weighted by Gasteiger charge is 2.37. The molecule has 1 aliphatic rings. The molecule has 3 aromatic heterocycles. The van der Waals surface area contributed by atoms with Gasteiger partial charge < -0.3 is 14.7 Å². The van der Waals surface area contributed by atoms with Crippen LogP contribution in [0.5, 0.6) is 0 Å². The summed E-state index contributed by atoms with van der Waals surface area (Å²) in [6.45, 7) is 12.7.